The van der Waals surface area contributed by atoms with Gasteiger partial charge >= 0.3 is 5.97 Å². The molecule has 0 aliphatic rings. The SMILES string of the molecule is O=C(COC(=O)c1cc(=O)c2ccccc2o1)NCCc1c[nH]c2ccccc12. The van der Waals surface area contributed by atoms with Crippen LogP contribution in [0.1, 0.15) is 16.1 Å². The molecule has 4 rings (SSSR count). The summed E-state index contributed by atoms with van der Waals surface area (Å²) in [5.41, 5.74) is 2.08. The van der Waals surface area contributed by atoms with Crippen molar-refractivity contribution >= 4 is 33.7 Å². The Morgan fingerprint density at radius 1 is 1.03 bits per heavy atom. The lowest BCUT2D eigenvalue weighted by Gasteiger charge is -2.06. The van der Waals surface area contributed by atoms with E-state index in [1.165, 1.54) is 0 Å². The molecule has 0 aliphatic heterocycles. The van der Waals surface area contributed by atoms with Crippen molar-refractivity contribution in [1.29, 1.82) is 0 Å². The molecule has 0 radical (unpaired) electrons. The zero-order chi connectivity index (χ0) is 20.2. The van der Waals surface area contributed by atoms with E-state index in [1.807, 2.05) is 30.5 Å². The van der Waals surface area contributed by atoms with E-state index in [0.717, 1.165) is 22.5 Å². The fraction of sp³-hybridized carbons (Fsp3) is 0.136. The maximum atomic E-state index is 12.1. The number of benzene rings is 2. The van der Waals surface area contributed by atoms with Crippen LogP contribution in [0.15, 0.2) is 70.0 Å². The predicted molar refractivity (Wildman–Crippen MR) is 108 cm³/mol. The number of carbonyl (C=O) groups is 2. The number of esters is 1. The number of ether oxygens (including phenoxy) is 1. The van der Waals surface area contributed by atoms with Crippen LogP contribution in [0.3, 0.4) is 0 Å². The molecule has 0 atom stereocenters. The summed E-state index contributed by atoms with van der Waals surface area (Å²) >= 11 is 0. The number of nitrogens with one attached hydrogen (secondary N) is 2. The first-order valence-corrected chi connectivity index (χ1v) is 9.13. The van der Waals surface area contributed by atoms with Crippen molar-refractivity contribution in [2.45, 2.75) is 6.42 Å². The summed E-state index contributed by atoms with van der Waals surface area (Å²) in [4.78, 5) is 39.3. The van der Waals surface area contributed by atoms with Crippen LogP contribution in [-0.2, 0) is 16.0 Å². The Morgan fingerprint density at radius 3 is 2.66 bits per heavy atom. The Morgan fingerprint density at radius 2 is 1.79 bits per heavy atom. The second kappa shape index (κ2) is 8.02. The maximum absolute atomic E-state index is 12.1. The second-order valence-corrected chi connectivity index (χ2v) is 6.51. The van der Waals surface area contributed by atoms with E-state index >= 15 is 0 Å². The number of rotatable bonds is 6. The Kier molecular flexibility index (Phi) is 5.11. The fourth-order valence-corrected chi connectivity index (χ4v) is 3.13. The molecule has 2 aromatic heterocycles. The number of para-hydroxylation sites is 2. The molecule has 1 amide bonds. The molecule has 0 fully saturated rings. The number of H-pyrrole nitrogens is 1. The van der Waals surface area contributed by atoms with Crippen LogP contribution in [0, 0.1) is 0 Å². The van der Waals surface area contributed by atoms with E-state index in [2.05, 4.69) is 10.3 Å². The van der Waals surface area contributed by atoms with E-state index in [9.17, 15) is 14.4 Å². The average molecular weight is 390 g/mol. The first-order chi connectivity index (χ1) is 14.1. The second-order valence-electron chi connectivity index (χ2n) is 6.51. The third kappa shape index (κ3) is 4.03. The molecule has 2 aromatic carbocycles. The quantitative estimate of drug-likeness (QED) is 0.493. The third-order valence-electron chi connectivity index (χ3n) is 4.56. The van der Waals surface area contributed by atoms with E-state index < -0.39 is 18.5 Å². The molecule has 0 saturated heterocycles. The van der Waals surface area contributed by atoms with Crippen molar-refractivity contribution in [3.63, 3.8) is 0 Å². The standard InChI is InChI=1S/C22H18N2O5/c25-18-11-20(29-19-8-4-2-6-16(18)19)22(27)28-13-21(26)23-10-9-14-12-24-17-7-3-1-5-15(14)17/h1-8,11-12,24H,9-10,13H2,(H,23,26). The van der Waals surface area contributed by atoms with Gasteiger partial charge in [-0.3, -0.25) is 9.59 Å². The first-order valence-electron chi connectivity index (χ1n) is 9.13. The highest BCUT2D eigenvalue weighted by molar-refractivity contribution is 5.90. The molecule has 0 saturated carbocycles. The van der Waals surface area contributed by atoms with Gasteiger partial charge < -0.3 is 19.5 Å². The average Bonchev–Trinajstić information content (AvgIpc) is 3.15. The summed E-state index contributed by atoms with van der Waals surface area (Å²) in [5.74, 6) is -1.53. The first kappa shape index (κ1) is 18.5. The monoisotopic (exact) mass is 390 g/mol. The molecular formula is C22H18N2O5. The molecular weight excluding hydrogens is 372 g/mol. The molecule has 0 unspecified atom stereocenters. The molecule has 7 heteroatoms. The maximum Gasteiger partial charge on any atom is 0.374 e. The van der Waals surface area contributed by atoms with Crippen molar-refractivity contribution < 1.29 is 18.7 Å². The number of carbonyl (C=O) groups excluding carboxylic acids is 2. The number of hydrogen-bond acceptors (Lipinski definition) is 5. The largest absolute Gasteiger partial charge is 0.450 e. The smallest absolute Gasteiger partial charge is 0.374 e. The van der Waals surface area contributed by atoms with Crippen LogP contribution in [0.5, 0.6) is 0 Å². The van der Waals surface area contributed by atoms with Crippen LogP contribution < -0.4 is 10.7 Å². The summed E-state index contributed by atoms with van der Waals surface area (Å²) < 4.78 is 10.4. The molecule has 2 heterocycles. The van der Waals surface area contributed by atoms with E-state index in [0.29, 0.717) is 18.4 Å². The van der Waals surface area contributed by atoms with Crippen LogP contribution in [0.25, 0.3) is 21.9 Å². The van der Waals surface area contributed by atoms with Gasteiger partial charge in [0, 0.05) is 29.7 Å². The summed E-state index contributed by atoms with van der Waals surface area (Å²) in [7, 11) is 0. The van der Waals surface area contributed by atoms with Gasteiger partial charge in [-0.2, -0.15) is 0 Å². The number of fused-ring (bicyclic) bond motifs is 2. The van der Waals surface area contributed by atoms with Crippen LogP contribution in [-0.4, -0.2) is 30.0 Å². The van der Waals surface area contributed by atoms with Gasteiger partial charge in [0.1, 0.15) is 5.58 Å². The van der Waals surface area contributed by atoms with Crippen molar-refractivity contribution in [1.82, 2.24) is 10.3 Å². The fourth-order valence-electron chi connectivity index (χ4n) is 3.13. The van der Waals surface area contributed by atoms with Gasteiger partial charge in [0.2, 0.25) is 5.76 Å². The Labute approximate surface area is 165 Å². The summed E-state index contributed by atoms with van der Waals surface area (Å²) in [6.45, 7) is -0.0491. The van der Waals surface area contributed by atoms with Gasteiger partial charge in [-0.25, -0.2) is 4.79 Å². The lowest BCUT2D eigenvalue weighted by Crippen LogP contribution is -2.30. The molecule has 0 bridgehead atoms. The van der Waals surface area contributed by atoms with Crippen LogP contribution in [0.4, 0.5) is 0 Å². The highest BCUT2D eigenvalue weighted by Gasteiger charge is 2.15. The lowest BCUT2D eigenvalue weighted by molar-refractivity contribution is -0.124. The van der Waals surface area contributed by atoms with Crippen molar-refractivity contribution in [3.05, 3.63) is 82.3 Å². The Bertz CT molecular complexity index is 1250. The highest BCUT2D eigenvalue weighted by atomic mass is 16.5. The molecule has 4 aromatic rings. The van der Waals surface area contributed by atoms with Gasteiger partial charge in [-0.1, -0.05) is 30.3 Å². The van der Waals surface area contributed by atoms with Crippen LogP contribution >= 0.6 is 0 Å². The summed E-state index contributed by atoms with van der Waals surface area (Å²) in [6, 6.07) is 15.6. The topological polar surface area (TPSA) is 101 Å². The molecule has 0 spiro atoms. The number of aromatic nitrogens is 1. The van der Waals surface area contributed by atoms with Gasteiger partial charge in [0.15, 0.2) is 12.0 Å². The molecule has 2 N–H and O–H groups in total. The van der Waals surface area contributed by atoms with Gasteiger partial charge in [0.05, 0.1) is 5.39 Å². The normalized spacial score (nSPS) is 10.9. The summed E-state index contributed by atoms with van der Waals surface area (Å²) in [5, 5.41) is 4.20. The minimum atomic E-state index is -0.861. The zero-order valence-electron chi connectivity index (χ0n) is 15.4. The van der Waals surface area contributed by atoms with Gasteiger partial charge in [-0.05, 0) is 30.2 Å². The van der Waals surface area contributed by atoms with Gasteiger partial charge in [0.25, 0.3) is 5.91 Å². The van der Waals surface area contributed by atoms with E-state index in [-0.39, 0.29) is 16.8 Å². The summed E-state index contributed by atoms with van der Waals surface area (Å²) in [6.07, 6.45) is 2.56. The Balaban J connectivity index is 1.30. The van der Waals surface area contributed by atoms with E-state index in [1.54, 1.807) is 24.3 Å². The predicted octanol–water partition coefficient (Wildman–Crippen LogP) is 2.79. The molecule has 146 valence electrons. The zero-order valence-corrected chi connectivity index (χ0v) is 15.4. The van der Waals surface area contributed by atoms with Gasteiger partial charge in [-0.15, -0.1) is 0 Å². The Hall–Kier alpha value is -3.87. The minimum absolute atomic E-state index is 0.236. The third-order valence-corrected chi connectivity index (χ3v) is 4.56. The molecule has 7 nitrogen and oxygen atoms in total. The van der Waals surface area contributed by atoms with Crippen molar-refractivity contribution in [3.8, 4) is 0 Å². The highest BCUT2D eigenvalue weighted by Crippen LogP contribution is 2.17. The molecule has 0 aliphatic carbocycles. The van der Waals surface area contributed by atoms with Crippen LogP contribution in [0.2, 0.25) is 0 Å². The molecule has 29 heavy (non-hydrogen) atoms. The lowest BCUT2D eigenvalue weighted by atomic mass is 10.1. The minimum Gasteiger partial charge on any atom is -0.450 e. The number of aromatic amines is 1. The van der Waals surface area contributed by atoms with Crippen molar-refractivity contribution in [2.24, 2.45) is 0 Å². The number of amides is 1. The number of hydrogen-bond donors (Lipinski definition) is 2. The van der Waals surface area contributed by atoms with Crippen molar-refractivity contribution in [2.75, 3.05) is 13.2 Å². The van der Waals surface area contributed by atoms with E-state index in [4.69, 9.17) is 9.15 Å².